The summed E-state index contributed by atoms with van der Waals surface area (Å²) in [6, 6.07) is 0. The minimum Gasteiger partial charge on any atom is -0.303 e. The first kappa shape index (κ1) is 35.3. The number of ketones is 4. The third-order valence-electron chi connectivity index (χ3n) is 11.1. The first-order valence-corrected chi connectivity index (χ1v) is 17.8. The number of carbonyl (C=O) groups excluding carboxylic acids is 5. The second-order valence-electron chi connectivity index (χ2n) is 14.8. The Balaban J connectivity index is 1.56. The zero-order valence-electron chi connectivity index (χ0n) is 29.2. The Hall–Kier alpha value is -3.99. The third kappa shape index (κ3) is 8.35. The quantitative estimate of drug-likeness (QED) is 0.161. The zero-order chi connectivity index (χ0) is 34.4. The van der Waals surface area contributed by atoms with Gasteiger partial charge in [-0.3, -0.25) is 19.2 Å². The van der Waals surface area contributed by atoms with Crippen molar-refractivity contribution in [1.29, 1.82) is 0 Å². The van der Waals surface area contributed by atoms with Crippen molar-refractivity contribution in [2.75, 3.05) is 0 Å². The Morgan fingerprint density at radius 1 is 0.583 bits per heavy atom. The molecule has 3 atom stereocenters. The topological polar surface area (TPSA) is 85.3 Å². The van der Waals surface area contributed by atoms with Crippen LogP contribution in [0.3, 0.4) is 0 Å². The molecular formula is C43H50O5. The molecule has 0 saturated heterocycles. The molecule has 0 aromatic rings. The van der Waals surface area contributed by atoms with Crippen LogP contribution in [0.4, 0.5) is 0 Å². The summed E-state index contributed by atoms with van der Waals surface area (Å²) >= 11 is 0. The predicted octanol–water partition coefficient (Wildman–Crippen LogP) is 9.24. The van der Waals surface area contributed by atoms with Crippen molar-refractivity contribution in [1.82, 2.24) is 0 Å². The molecule has 6 bridgehead atoms. The van der Waals surface area contributed by atoms with Crippen molar-refractivity contribution in [3.63, 3.8) is 0 Å². The van der Waals surface area contributed by atoms with E-state index in [2.05, 4.69) is 38.2 Å². The molecule has 0 fully saturated rings. The summed E-state index contributed by atoms with van der Waals surface area (Å²) in [6.07, 6.45) is 26.9. The van der Waals surface area contributed by atoms with Crippen LogP contribution in [0.25, 0.3) is 0 Å². The molecule has 3 unspecified atom stereocenters. The second kappa shape index (κ2) is 15.5. The minimum absolute atomic E-state index is 0.0911. The number of allylic oxidation sites excluding steroid dienone is 18. The summed E-state index contributed by atoms with van der Waals surface area (Å²) in [6.45, 7) is 8.29. The highest BCUT2D eigenvalue weighted by atomic mass is 16.1. The van der Waals surface area contributed by atoms with Gasteiger partial charge in [-0.1, -0.05) is 58.2 Å². The molecule has 0 spiro atoms. The fourth-order valence-electron chi connectivity index (χ4n) is 8.09. The van der Waals surface area contributed by atoms with Crippen LogP contribution >= 0.6 is 0 Å². The van der Waals surface area contributed by atoms with Gasteiger partial charge in [0.1, 0.15) is 6.29 Å². The van der Waals surface area contributed by atoms with Crippen molar-refractivity contribution in [3.8, 4) is 0 Å². The van der Waals surface area contributed by atoms with E-state index in [1.54, 1.807) is 12.2 Å². The molecule has 5 nitrogen and oxygen atoms in total. The molecule has 0 amide bonds. The Morgan fingerprint density at radius 3 is 1.98 bits per heavy atom. The van der Waals surface area contributed by atoms with Crippen molar-refractivity contribution in [2.45, 2.75) is 111 Å². The molecule has 5 heteroatoms. The largest absolute Gasteiger partial charge is 0.303 e. The molecule has 7 aliphatic carbocycles. The van der Waals surface area contributed by atoms with Crippen LogP contribution < -0.4 is 0 Å². The molecular weight excluding hydrogens is 596 g/mol. The summed E-state index contributed by atoms with van der Waals surface area (Å²) in [5.41, 5.74) is 7.26. The fraction of sp³-hybridized carbons (Fsp3) is 0.465. The van der Waals surface area contributed by atoms with Crippen LogP contribution in [0.15, 0.2) is 105 Å². The Labute approximate surface area is 286 Å². The lowest BCUT2D eigenvalue weighted by atomic mass is 9.56. The maximum absolute atomic E-state index is 13.6. The van der Waals surface area contributed by atoms with Crippen LogP contribution in [0, 0.1) is 17.3 Å². The molecule has 0 aliphatic heterocycles. The minimum atomic E-state index is -0.737. The van der Waals surface area contributed by atoms with Gasteiger partial charge < -0.3 is 4.79 Å². The SMILES string of the molecule is CC1=CCCC2(C=O)C3C=C(CCC=C(C)CC4=CC(=O)C(=CC4=O)CC=C(C)C3)CC2CC2=CC(=O)C(=CC2=O)CCC(C)=CCC1. The molecule has 7 rings (SSSR count). The van der Waals surface area contributed by atoms with E-state index >= 15 is 0 Å². The molecule has 0 radical (unpaired) electrons. The van der Waals surface area contributed by atoms with Crippen molar-refractivity contribution in [3.05, 3.63) is 105 Å². The lowest BCUT2D eigenvalue weighted by Crippen LogP contribution is -2.43. The number of rotatable bonds is 1. The highest BCUT2D eigenvalue weighted by Gasteiger charge is 2.47. The van der Waals surface area contributed by atoms with Crippen molar-refractivity contribution in [2.24, 2.45) is 17.3 Å². The average molecular weight is 647 g/mol. The lowest BCUT2D eigenvalue weighted by Gasteiger charge is -2.46. The maximum Gasteiger partial charge on any atom is 0.182 e. The number of hydrogen-bond donors (Lipinski definition) is 0. The normalized spacial score (nSPS) is 28.4. The van der Waals surface area contributed by atoms with Gasteiger partial charge in [0.25, 0.3) is 0 Å². The van der Waals surface area contributed by atoms with Crippen LogP contribution in [-0.4, -0.2) is 29.4 Å². The average Bonchev–Trinajstić information content (AvgIpc) is 3.03. The molecule has 7 aliphatic rings. The molecule has 0 aromatic carbocycles. The van der Waals surface area contributed by atoms with E-state index in [1.165, 1.54) is 28.9 Å². The van der Waals surface area contributed by atoms with E-state index in [4.69, 9.17) is 0 Å². The van der Waals surface area contributed by atoms with Gasteiger partial charge in [0.2, 0.25) is 0 Å². The van der Waals surface area contributed by atoms with Gasteiger partial charge >= 0.3 is 0 Å². The number of hydrogen-bond acceptors (Lipinski definition) is 5. The maximum atomic E-state index is 13.6. The molecule has 48 heavy (non-hydrogen) atoms. The van der Waals surface area contributed by atoms with E-state index < -0.39 is 5.41 Å². The monoisotopic (exact) mass is 646 g/mol. The van der Waals surface area contributed by atoms with Gasteiger partial charge in [0, 0.05) is 27.7 Å². The predicted molar refractivity (Wildman–Crippen MR) is 191 cm³/mol. The van der Waals surface area contributed by atoms with Gasteiger partial charge in [-0.2, -0.15) is 0 Å². The smallest absolute Gasteiger partial charge is 0.182 e. The zero-order valence-corrected chi connectivity index (χ0v) is 29.2. The Morgan fingerprint density at radius 2 is 1.19 bits per heavy atom. The van der Waals surface area contributed by atoms with E-state index in [0.717, 1.165) is 56.0 Å². The van der Waals surface area contributed by atoms with Crippen molar-refractivity contribution < 1.29 is 24.0 Å². The first-order valence-electron chi connectivity index (χ1n) is 17.8. The summed E-state index contributed by atoms with van der Waals surface area (Å²) < 4.78 is 0. The van der Waals surface area contributed by atoms with Gasteiger partial charge in [0.15, 0.2) is 23.1 Å². The molecule has 252 valence electrons. The lowest BCUT2D eigenvalue weighted by molar-refractivity contribution is -0.123. The third-order valence-corrected chi connectivity index (χ3v) is 11.1. The van der Waals surface area contributed by atoms with E-state index in [1.807, 2.05) is 19.9 Å². The molecule has 0 heterocycles. The van der Waals surface area contributed by atoms with Crippen LogP contribution in [0.1, 0.15) is 111 Å². The van der Waals surface area contributed by atoms with E-state index in [0.29, 0.717) is 67.2 Å². The standard InChI is InChI=1S/C43H50O5/c1-28-8-5-9-29(2)13-15-33-24-42(48)36(26-40(33)46)22-38-21-32-12-6-10-30(3)18-35-25-39(45)34(23-41(35)47)16-14-31(4)19-37(20-32)43(38,27-44)17-7-11-28/h9-11,14,20,23-27,37-38H,5-8,12-13,15-19,21-22H2,1-4H3. The van der Waals surface area contributed by atoms with E-state index in [-0.39, 0.29) is 35.0 Å². The highest BCUT2D eigenvalue weighted by molar-refractivity contribution is 6.20. The van der Waals surface area contributed by atoms with Crippen LogP contribution in [0.2, 0.25) is 0 Å². The number of carbonyl (C=O) groups is 5. The highest BCUT2D eigenvalue weighted by Crippen LogP contribution is 2.52. The van der Waals surface area contributed by atoms with Gasteiger partial charge in [0.05, 0.1) is 0 Å². The van der Waals surface area contributed by atoms with Crippen LogP contribution in [-0.2, 0) is 24.0 Å². The summed E-state index contributed by atoms with van der Waals surface area (Å²) in [7, 11) is 0. The number of aldehydes is 1. The molecule has 0 saturated carbocycles. The number of fused-ring (bicyclic) bond motifs is 16. The summed E-state index contributed by atoms with van der Waals surface area (Å²) in [5, 5.41) is 0. The molecule has 0 aromatic heterocycles. The van der Waals surface area contributed by atoms with Crippen molar-refractivity contribution >= 4 is 29.4 Å². The first-order chi connectivity index (χ1) is 23.0. The fourth-order valence-corrected chi connectivity index (χ4v) is 8.09. The Bertz CT molecular complexity index is 1680. The molecule has 0 N–H and O–H groups in total. The van der Waals surface area contributed by atoms with E-state index in [9.17, 15) is 24.0 Å². The second-order valence-corrected chi connectivity index (χ2v) is 14.8. The van der Waals surface area contributed by atoms with Gasteiger partial charge in [-0.15, -0.1) is 0 Å². The van der Waals surface area contributed by atoms with Crippen LogP contribution in [0.5, 0.6) is 0 Å². The van der Waals surface area contributed by atoms with Gasteiger partial charge in [-0.05, 0) is 147 Å². The summed E-state index contributed by atoms with van der Waals surface area (Å²) in [4.78, 5) is 66.3. The Kier molecular flexibility index (Phi) is 11.4. The van der Waals surface area contributed by atoms with Gasteiger partial charge in [-0.25, -0.2) is 0 Å². The summed E-state index contributed by atoms with van der Waals surface area (Å²) in [5.74, 6) is -0.654.